The second kappa shape index (κ2) is 6.33. The molecule has 0 aliphatic rings. The molecular formula is C12H21N3O. The van der Waals surface area contributed by atoms with Crippen molar-refractivity contribution in [1.82, 2.24) is 9.88 Å². The molecule has 0 fully saturated rings. The van der Waals surface area contributed by atoms with E-state index in [1.165, 1.54) is 0 Å². The van der Waals surface area contributed by atoms with Crippen molar-refractivity contribution in [3.8, 4) is 0 Å². The fraction of sp³-hybridized carbons (Fsp3) is 0.583. The van der Waals surface area contributed by atoms with Crippen LogP contribution in [0.3, 0.4) is 0 Å². The van der Waals surface area contributed by atoms with Crippen molar-refractivity contribution in [1.29, 1.82) is 0 Å². The van der Waals surface area contributed by atoms with Crippen LogP contribution in [0.15, 0.2) is 18.3 Å². The molecule has 0 radical (unpaired) electrons. The summed E-state index contributed by atoms with van der Waals surface area (Å²) in [5.74, 6) is 0.516. The van der Waals surface area contributed by atoms with Crippen molar-refractivity contribution in [3.05, 3.63) is 24.0 Å². The highest BCUT2D eigenvalue weighted by molar-refractivity contribution is 5.75. The predicted molar refractivity (Wildman–Crippen MR) is 64.7 cm³/mol. The van der Waals surface area contributed by atoms with Gasteiger partial charge in [-0.1, -0.05) is 6.92 Å². The van der Waals surface area contributed by atoms with E-state index in [2.05, 4.69) is 12.2 Å². The third-order valence-corrected chi connectivity index (χ3v) is 2.78. The molecule has 0 spiro atoms. The number of hydrogen-bond donors (Lipinski definition) is 2. The van der Waals surface area contributed by atoms with Gasteiger partial charge in [0, 0.05) is 25.4 Å². The quantitative estimate of drug-likeness (QED) is 0.756. The van der Waals surface area contributed by atoms with Crippen LogP contribution in [0, 0.1) is 5.92 Å². The minimum atomic E-state index is 0.0986. The molecule has 0 aromatic carbocycles. The van der Waals surface area contributed by atoms with Crippen LogP contribution in [-0.2, 0) is 18.4 Å². The van der Waals surface area contributed by atoms with Gasteiger partial charge in [-0.05, 0) is 31.0 Å². The highest BCUT2D eigenvalue weighted by Crippen LogP contribution is 2.03. The maximum atomic E-state index is 11.5. The van der Waals surface area contributed by atoms with Gasteiger partial charge in [0.25, 0.3) is 0 Å². The Kier molecular flexibility index (Phi) is 5.05. The molecule has 1 atom stereocenters. The van der Waals surface area contributed by atoms with Crippen LogP contribution in [0.5, 0.6) is 0 Å². The largest absolute Gasteiger partial charge is 0.353 e. The zero-order valence-electron chi connectivity index (χ0n) is 10.1. The Bertz CT molecular complexity index is 333. The molecule has 1 aromatic rings. The predicted octanol–water partition coefficient (Wildman–Crippen LogP) is 1.02. The molecule has 0 bridgehead atoms. The molecule has 90 valence electrons. The van der Waals surface area contributed by atoms with Crippen molar-refractivity contribution in [2.24, 2.45) is 18.7 Å². The van der Waals surface area contributed by atoms with Gasteiger partial charge >= 0.3 is 0 Å². The van der Waals surface area contributed by atoms with Crippen LogP contribution in [0.2, 0.25) is 0 Å². The molecule has 1 amide bonds. The van der Waals surface area contributed by atoms with Crippen LogP contribution in [-0.4, -0.2) is 17.0 Å². The van der Waals surface area contributed by atoms with E-state index in [0.717, 1.165) is 12.1 Å². The number of nitrogens with one attached hydrogen (secondary N) is 1. The molecule has 1 unspecified atom stereocenters. The Hall–Kier alpha value is -1.29. The lowest BCUT2D eigenvalue weighted by atomic mass is 10.1. The number of carbonyl (C=O) groups excluding carboxylic acids is 1. The van der Waals surface area contributed by atoms with E-state index < -0.39 is 0 Å². The van der Waals surface area contributed by atoms with Crippen molar-refractivity contribution in [2.75, 3.05) is 6.54 Å². The first kappa shape index (κ1) is 12.8. The first-order valence-corrected chi connectivity index (χ1v) is 5.70. The summed E-state index contributed by atoms with van der Waals surface area (Å²) in [6.07, 6.45) is 3.39. The number of hydrogen-bond acceptors (Lipinski definition) is 2. The minimum absolute atomic E-state index is 0.0986. The molecule has 0 aliphatic heterocycles. The number of aromatic nitrogens is 1. The molecule has 0 saturated carbocycles. The average Bonchev–Trinajstić information content (AvgIpc) is 2.69. The SMILES string of the molecule is CC(CN)CCC(=O)NCc1cccn1C. The zero-order valence-corrected chi connectivity index (χ0v) is 10.1. The van der Waals surface area contributed by atoms with E-state index in [1.807, 2.05) is 29.9 Å². The normalized spacial score (nSPS) is 12.4. The van der Waals surface area contributed by atoms with Gasteiger partial charge in [-0.2, -0.15) is 0 Å². The van der Waals surface area contributed by atoms with Gasteiger partial charge in [0.05, 0.1) is 6.54 Å². The Morgan fingerprint density at radius 2 is 2.38 bits per heavy atom. The maximum absolute atomic E-state index is 11.5. The third kappa shape index (κ3) is 4.06. The molecule has 4 nitrogen and oxygen atoms in total. The van der Waals surface area contributed by atoms with Crippen LogP contribution in [0.1, 0.15) is 25.5 Å². The van der Waals surface area contributed by atoms with Gasteiger partial charge in [-0.3, -0.25) is 4.79 Å². The number of nitrogens with two attached hydrogens (primary N) is 1. The highest BCUT2D eigenvalue weighted by Gasteiger charge is 2.05. The van der Waals surface area contributed by atoms with Crippen molar-refractivity contribution < 1.29 is 4.79 Å². The monoisotopic (exact) mass is 223 g/mol. The maximum Gasteiger partial charge on any atom is 0.220 e. The molecule has 16 heavy (non-hydrogen) atoms. The molecule has 1 heterocycles. The van der Waals surface area contributed by atoms with Gasteiger partial charge in [0.1, 0.15) is 0 Å². The van der Waals surface area contributed by atoms with Gasteiger partial charge in [0.15, 0.2) is 0 Å². The standard InChI is InChI=1S/C12H21N3O/c1-10(8-13)5-6-12(16)14-9-11-4-3-7-15(11)2/h3-4,7,10H,5-6,8-9,13H2,1-2H3,(H,14,16). The summed E-state index contributed by atoms with van der Waals surface area (Å²) in [7, 11) is 1.97. The zero-order chi connectivity index (χ0) is 12.0. The van der Waals surface area contributed by atoms with Gasteiger partial charge < -0.3 is 15.6 Å². The van der Waals surface area contributed by atoms with E-state index >= 15 is 0 Å². The van der Waals surface area contributed by atoms with Gasteiger partial charge in [0.2, 0.25) is 5.91 Å². The lowest BCUT2D eigenvalue weighted by Gasteiger charge is -2.09. The topological polar surface area (TPSA) is 60.1 Å². The summed E-state index contributed by atoms with van der Waals surface area (Å²) in [6.45, 7) is 3.30. The van der Waals surface area contributed by atoms with Crippen molar-refractivity contribution >= 4 is 5.91 Å². The third-order valence-electron chi connectivity index (χ3n) is 2.78. The smallest absolute Gasteiger partial charge is 0.220 e. The lowest BCUT2D eigenvalue weighted by molar-refractivity contribution is -0.121. The molecular weight excluding hydrogens is 202 g/mol. The number of carbonyl (C=O) groups is 1. The summed E-state index contributed by atoms with van der Waals surface area (Å²) < 4.78 is 2.00. The highest BCUT2D eigenvalue weighted by atomic mass is 16.1. The van der Waals surface area contributed by atoms with Crippen LogP contribution >= 0.6 is 0 Å². The summed E-state index contributed by atoms with van der Waals surface area (Å²) in [4.78, 5) is 11.5. The fourth-order valence-electron chi connectivity index (χ4n) is 1.45. The molecule has 0 aliphatic carbocycles. The van der Waals surface area contributed by atoms with E-state index in [9.17, 15) is 4.79 Å². The summed E-state index contributed by atoms with van der Waals surface area (Å²) in [6, 6.07) is 3.97. The van der Waals surface area contributed by atoms with E-state index in [-0.39, 0.29) is 5.91 Å². The first-order chi connectivity index (χ1) is 7.63. The number of amides is 1. The Morgan fingerprint density at radius 3 is 2.94 bits per heavy atom. The van der Waals surface area contributed by atoms with Gasteiger partial charge in [-0.25, -0.2) is 0 Å². The minimum Gasteiger partial charge on any atom is -0.353 e. The average molecular weight is 223 g/mol. The van der Waals surface area contributed by atoms with Crippen LogP contribution in [0.4, 0.5) is 0 Å². The lowest BCUT2D eigenvalue weighted by Crippen LogP contribution is -2.24. The number of nitrogens with zero attached hydrogens (tertiary/aromatic N) is 1. The van der Waals surface area contributed by atoms with Gasteiger partial charge in [-0.15, -0.1) is 0 Å². The molecule has 0 saturated heterocycles. The van der Waals surface area contributed by atoms with Crippen molar-refractivity contribution in [2.45, 2.75) is 26.3 Å². The first-order valence-electron chi connectivity index (χ1n) is 5.70. The van der Waals surface area contributed by atoms with Crippen LogP contribution < -0.4 is 11.1 Å². The van der Waals surface area contributed by atoms with E-state index in [0.29, 0.717) is 25.4 Å². The van der Waals surface area contributed by atoms with Crippen molar-refractivity contribution in [3.63, 3.8) is 0 Å². The number of aryl methyl sites for hydroxylation is 1. The number of rotatable bonds is 6. The summed E-state index contributed by atoms with van der Waals surface area (Å²) >= 11 is 0. The molecule has 4 heteroatoms. The summed E-state index contributed by atoms with van der Waals surface area (Å²) in [5.41, 5.74) is 6.61. The Balaban J connectivity index is 2.23. The second-order valence-electron chi connectivity index (χ2n) is 4.27. The van der Waals surface area contributed by atoms with E-state index in [1.54, 1.807) is 0 Å². The summed E-state index contributed by atoms with van der Waals surface area (Å²) in [5, 5.41) is 2.90. The molecule has 1 aromatic heterocycles. The van der Waals surface area contributed by atoms with Crippen LogP contribution in [0.25, 0.3) is 0 Å². The second-order valence-corrected chi connectivity index (χ2v) is 4.27. The Morgan fingerprint density at radius 1 is 1.62 bits per heavy atom. The van der Waals surface area contributed by atoms with E-state index in [4.69, 9.17) is 5.73 Å². The molecule has 1 rings (SSSR count). The fourth-order valence-corrected chi connectivity index (χ4v) is 1.45. The molecule has 3 N–H and O–H groups in total. The Labute approximate surface area is 96.8 Å².